The van der Waals surface area contributed by atoms with E-state index in [4.69, 9.17) is 23.8 Å². The molecule has 1 atom stereocenters. The minimum Gasteiger partial charge on any atom is -0.463 e. The highest BCUT2D eigenvalue weighted by Crippen LogP contribution is 2.36. The highest BCUT2D eigenvalue weighted by Gasteiger charge is 2.16. The standard InChI is InChI=1S/C22H43O6PS/c1-3-4-5-6-7-8-9-10-11-12-13-14-15-16-17-18-22(23)27-19-21(26-2)20-28-29(24,25)30/h10-11,21H,3-9,12-20H2,1-2H3,(H2,24,25,30)/b11-10+/t21-/m1/s1. The Morgan fingerprint density at radius 1 is 0.900 bits per heavy atom. The van der Waals surface area contributed by atoms with Crippen molar-refractivity contribution in [2.75, 3.05) is 20.3 Å². The number of rotatable bonds is 21. The van der Waals surface area contributed by atoms with Gasteiger partial charge in [-0.2, -0.15) is 0 Å². The van der Waals surface area contributed by atoms with Crippen molar-refractivity contribution in [1.82, 2.24) is 0 Å². The zero-order valence-electron chi connectivity index (χ0n) is 18.9. The van der Waals surface area contributed by atoms with Crippen LogP contribution in [0.2, 0.25) is 0 Å². The van der Waals surface area contributed by atoms with Gasteiger partial charge in [0, 0.05) is 13.5 Å². The largest absolute Gasteiger partial charge is 0.463 e. The SMILES string of the molecule is CCCCCCCC/C=C/CCCCCCCC(=O)OC[C@H](COP(O)(O)=S)OC. The van der Waals surface area contributed by atoms with Crippen LogP contribution < -0.4 is 0 Å². The Labute approximate surface area is 188 Å². The Morgan fingerprint density at radius 3 is 1.97 bits per heavy atom. The van der Waals surface area contributed by atoms with E-state index < -0.39 is 12.8 Å². The first-order valence-electron chi connectivity index (χ1n) is 11.4. The van der Waals surface area contributed by atoms with E-state index in [9.17, 15) is 4.79 Å². The summed E-state index contributed by atoms with van der Waals surface area (Å²) in [5.74, 6) is -0.276. The monoisotopic (exact) mass is 466 g/mol. The second-order valence-electron chi connectivity index (χ2n) is 7.66. The van der Waals surface area contributed by atoms with Crippen LogP contribution >= 0.6 is 6.72 Å². The molecule has 0 amide bonds. The Hall–Kier alpha value is -0.300. The summed E-state index contributed by atoms with van der Waals surface area (Å²) in [6.45, 7) is -1.58. The fraction of sp³-hybridized carbons (Fsp3) is 0.864. The second-order valence-corrected chi connectivity index (χ2v) is 10.3. The minimum atomic E-state index is -3.72. The zero-order chi connectivity index (χ0) is 22.5. The second kappa shape index (κ2) is 20.6. The summed E-state index contributed by atoms with van der Waals surface area (Å²) in [6, 6.07) is 0. The lowest BCUT2D eigenvalue weighted by Crippen LogP contribution is -2.25. The summed E-state index contributed by atoms with van der Waals surface area (Å²) in [5.41, 5.74) is 0. The zero-order valence-corrected chi connectivity index (χ0v) is 20.6. The topological polar surface area (TPSA) is 85.2 Å². The smallest absolute Gasteiger partial charge is 0.321 e. The molecule has 0 radical (unpaired) electrons. The van der Waals surface area contributed by atoms with Gasteiger partial charge in [-0.05, 0) is 43.9 Å². The summed E-state index contributed by atoms with van der Waals surface area (Å²) >= 11 is 4.37. The van der Waals surface area contributed by atoms with Crippen molar-refractivity contribution in [3.8, 4) is 0 Å². The third-order valence-corrected chi connectivity index (χ3v) is 5.64. The van der Waals surface area contributed by atoms with Gasteiger partial charge in [-0.15, -0.1) is 0 Å². The molecule has 0 aromatic carbocycles. The van der Waals surface area contributed by atoms with Crippen molar-refractivity contribution in [2.45, 2.75) is 103 Å². The van der Waals surface area contributed by atoms with Crippen LogP contribution in [0.1, 0.15) is 96.8 Å². The molecule has 0 spiro atoms. The van der Waals surface area contributed by atoms with Gasteiger partial charge in [-0.3, -0.25) is 4.79 Å². The fourth-order valence-corrected chi connectivity index (χ4v) is 3.51. The number of carbonyl (C=O) groups excluding carboxylic acids is 1. The number of carbonyl (C=O) groups is 1. The first-order chi connectivity index (χ1) is 14.4. The summed E-state index contributed by atoms with van der Waals surface area (Å²) in [7, 11) is 1.43. The van der Waals surface area contributed by atoms with Gasteiger partial charge >= 0.3 is 12.7 Å². The van der Waals surface area contributed by atoms with E-state index in [1.165, 1.54) is 64.9 Å². The predicted octanol–water partition coefficient (Wildman–Crippen LogP) is 5.81. The van der Waals surface area contributed by atoms with Crippen molar-refractivity contribution < 1.29 is 28.6 Å². The number of hydrogen-bond donors (Lipinski definition) is 2. The van der Waals surface area contributed by atoms with Gasteiger partial charge in [0.1, 0.15) is 12.7 Å². The van der Waals surface area contributed by atoms with Crippen molar-refractivity contribution in [2.24, 2.45) is 0 Å². The molecule has 0 aliphatic rings. The predicted molar refractivity (Wildman–Crippen MR) is 126 cm³/mol. The van der Waals surface area contributed by atoms with Crippen LogP contribution in [0.5, 0.6) is 0 Å². The molecule has 0 bridgehead atoms. The maximum Gasteiger partial charge on any atom is 0.321 e. The van der Waals surface area contributed by atoms with Gasteiger partial charge < -0.3 is 23.8 Å². The molecule has 0 saturated carbocycles. The molecule has 0 aromatic heterocycles. The molecule has 0 unspecified atom stereocenters. The lowest BCUT2D eigenvalue weighted by atomic mass is 10.1. The van der Waals surface area contributed by atoms with Crippen LogP contribution in [0.25, 0.3) is 0 Å². The molecule has 0 heterocycles. The maximum absolute atomic E-state index is 11.8. The Morgan fingerprint density at radius 2 is 1.43 bits per heavy atom. The van der Waals surface area contributed by atoms with Gasteiger partial charge in [0.15, 0.2) is 0 Å². The highest BCUT2D eigenvalue weighted by molar-refractivity contribution is 8.06. The van der Waals surface area contributed by atoms with E-state index in [0.29, 0.717) is 6.42 Å². The molecule has 0 fully saturated rings. The summed E-state index contributed by atoms with van der Waals surface area (Å²) in [6.07, 6.45) is 20.3. The summed E-state index contributed by atoms with van der Waals surface area (Å²) in [4.78, 5) is 29.8. The highest BCUT2D eigenvalue weighted by atomic mass is 32.5. The molecular weight excluding hydrogens is 423 g/mol. The van der Waals surface area contributed by atoms with E-state index in [1.807, 2.05) is 0 Å². The molecular formula is C22H43O6PS. The van der Waals surface area contributed by atoms with Gasteiger partial charge in [0.05, 0.1) is 6.61 Å². The lowest BCUT2D eigenvalue weighted by Gasteiger charge is -2.17. The van der Waals surface area contributed by atoms with E-state index in [2.05, 4.69) is 30.9 Å². The number of allylic oxidation sites excluding steroid dienone is 2. The van der Waals surface area contributed by atoms with Crippen LogP contribution in [-0.4, -0.2) is 42.2 Å². The van der Waals surface area contributed by atoms with Crippen molar-refractivity contribution in [3.05, 3.63) is 12.2 Å². The molecule has 8 heteroatoms. The molecule has 30 heavy (non-hydrogen) atoms. The average Bonchev–Trinajstić information content (AvgIpc) is 2.70. The van der Waals surface area contributed by atoms with Crippen molar-refractivity contribution in [3.63, 3.8) is 0 Å². The molecule has 0 rings (SSSR count). The van der Waals surface area contributed by atoms with Gasteiger partial charge in [0.2, 0.25) is 0 Å². The molecule has 6 nitrogen and oxygen atoms in total. The number of methoxy groups -OCH3 is 1. The van der Waals surface area contributed by atoms with Crippen LogP contribution in [0.4, 0.5) is 0 Å². The third-order valence-electron chi connectivity index (χ3n) is 4.83. The number of hydrogen-bond acceptors (Lipinski definition) is 5. The van der Waals surface area contributed by atoms with Crippen LogP contribution in [-0.2, 0) is 30.6 Å². The molecule has 0 aliphatic carbocycles. The first kappa shape index (κ1) is 29.7. The normalized spacial score (nSPS) is 13.1. The summed E-state index contributed by atoms with van der Waals surface area (Å²) < 4.78 is 14.9. The molecule has 0 aromatic rings. The van der Waals surface area contributed by atoms with Crippen LogP contribution in [0.3, 0.4) is 0 Å². The van der Waals surface area contributed by atoms with Crippen molar-refractivity contribution >= 4 is 24.5 Å². The molecule has 178 valence electrons. The maximum atomic E-state index is 11.8. The van der Waals surface area contributed by atoms with E-state index in [1.54, 1.807) is 0 Å². The van der Waals surface area contributed by atoms with Gasteiger partial charge in [-0.25, -0.2) is 0 Å². The van der Waals surface area contributed by atoms with Gasteiger partial charge in [0.25, 0.3) is 0 Å². The first-order valence-corrected chi connectivity index (χ1v) is 14.0. The van der Waals surface area contributed by atoms with Crippen molar-refractivity contribution in [1.29, 1.82) is 0 Å². The van der Waals surface area contributed by atoms with E-state index in [-0.39, 0.29) is 19.2 Å². The molecule has 0 saturated heterocycles. The average molecular weight is 467 g/mol. The molecule has 0 aliphatic heterocycles. The number of ether oxygens (including phenoxy) is 2. The fourth-order valence-electron chi connectivity index (χ4n) is 2.96. The Kier molecular flexibility index (Phi) is 20.4. The van der Waals surface area contributed by atoms with E-state index >= 15 is 0 Å². The Balaban J connectivity index is 3.47. The van der Waals surface area contributed by atoms with Gasteiger partial charge in [-0.1, -0.05) is 70.4 Å². The van der Waals surface area contributed by atoms with E-state index in [0.717, 1.165) is 25.7 Å². The minimum absolute atomic E-state index is 0.00966. The Bertz CT molecular complexity index is 480. The summed E-state index contributed by atoms with van der Waals surface area (Å²) in [5, 5.41) is 0. The molecule has 2 N–H and O–H groups in total. The third kappa shape index (κ3) is 22.4. The quantitative estimate of drug-likeness (QED) is 0.0956. The lowest BCUT2D eigenvalue weighted by molar-refractivity contribution is -0.148. The number of unbranched alkanes of at least 4 members (excludes halogenated alkanes) is 11. The van der Waals surface area contributed by atoms with Crippen LogP contribution in [0, 0.1) is 0 Å². The number of esters is 1. The van der Waals surface area contributed by atoms with Crippen LogP contribution in [0.15, 0.2) is 12.2 Å².